The van der Waals surface area contributed by atoms with E-state index < -0.39 is 0 Å². The smallest absolute Gasteiger partial charge is 0.236 e. The molecule has 0 radical (unpaired) electrons. The predicted octanol–water partition coefficient (Wildman–Crippen LogP) is 1.28. The highest BCUT2D eigenvalue weighted by molar-refractivity contribution is 7.16. The van der Waals surface area contributed by atoms with E-state index in [0.717, 1.165) is 55.2 Å². The Balaban J connectivity index is 1.53. The van der Waals surface area contributed by atoms with Crippen LogP contribution in [0.3, 0.4) is 0 Å². The topological polar surface area (TPSA) is 75.6 Å². The number of nitrogens with zero attached hydrogens (tertiary/aromatic N) is 3. The Hall–Kier alpha value is -1.60. The molecule has 0 aromatic carbocycles. The molecular formula is C13H18N4O2S. The van der Waals surface area contributed by atoms with E-state index >= 15 is 0 Å². The minimum Gasteiger partial charge on any atom is -0.370 e. The van der Waals surface area contributed by atoms with Crippen LogP contribution < -0.4 is 10.6 Å². The minimum absolute atomic E-state index is 0.217. The van der Waals surface area contributed by atoms with Crippen LogP contribution in [0.2, 0.25) is 0 Å². The number of thiophene rings is 1. The lowest BCUT2D eigenvalue weighted by Crippen LogP contribution is -2.46. The van der Waals surface area contributed by atoms with Gasteiger partial charge in [-0.05, 0) is 24.4 Å². The number of carbonyl (C=O) groups excluding carboxylic acids is 1. The maximum Gasteiger partial charge on any atom is 0.236 e. The third-order valence-electron chi connectivity index (χ3n) is 3.65. The largest absolute Gasteiger partial charge is 0.370 e. The summed E-state index contributed by atoms with van der Waals surface area (Å²) < 4.78 is 5.45. The first-order valence-corrected chi connectivity index (χ1v) is 7.70. The summed E-state index contributed by atoms with van der Waals surface area (Å²) in [5.74, 6) is 0.670. The van der Waals surface area contributed by atoms with Gasteiger partial charge in [-0.3, -0.25) is 9.69 Å². The Kier molecular flexibility index (Phi) is 3.88. The summed E-state index contributed by atoms with van der Waals surface area (Å²) >= 11 is 1.60. The first-order valence-electron chi connectivity index (χ1n) is 6.82. The zero-order valence-electron chi connectivity index (χ0n) is 11.2. The molecule has 20 heavy (non-hydrogen) atoms. The summed E-state index contributed by atoms with van der Waals surface area (Å²) in [5, 5.41) is 7.23. The van der Waals surface area contributed by atoms with Gasteiger partial charge in [-0.2, -0.15) is 0 Å². The molecule has 2 N–H and O–H groups in total. The van der Waals surface area contributed by atoms with Gasteiger partial charge in [-0.25, -0.2) is 0 Å². The quantitative estimate of drug-likeness (QED) is 0.899. The molecule has 108 valence electrons. The van der Waals surface area contributed by atoms with Crippen molar-refractivity contribution in [1.29, 1.82) is 0 Å². The molecule has 2 aromatic rings. The molecule has 1 saturated heterocycles. The van der Waals surface area contributed by atoms with Gasteiger partial charge >= 0.3 is 0 Å². The third-order valence-corrected chi connectivity index (χ3v) is 4.44. The predicted molar refractivity (Wildman–Crippen MR) is 79.0 cm³/mol. The molecular weight excluding hydrogens is 276 g/mol. The zero-order valence-corrected chi connectivity index (χ0v) is 12.1. The van der Waals surface area contributed by atoms with Gasteiger partial charge in [0.2, 0.25) is 11.8 Å². The molecule has 0 spiro atoms. The summed E-state index contributed by atoms with van der Waals surface area (Å²) in [6.45, 7) is 4.74. The molecule has 1 aliphatic rings. The molecule has 0 atom stereocenters. The lowest BCUT2D eigenvalue weighted by Gasteiger charge is -2.34. The standard InChI is InChI=1S/C13H18N4O2S/c14-11(18)2-1-4-16-5-7-17(8-6-16)13-10-3-9-20-12(10)15-19-13/h3,9H,1-2,4-8H2,(H2,14,18). The lowest BCUT2D eigenvalue weighted by atomic mass is 10.2. The highest BCUT2D eigenvalue weighted by Gasteiger charge is 2.22. The van der Waals surface area contributed by atoms with Crippen LogP contribution in [0.5, 0.6) is 0 Å². The molecule has 0 bridgehead atoms. The normalized spacial score (nSPS) is 16.9. The van der Waals surface area contributed by atoms with Crippen molar-refractivity contribution in [2.75, 3.05) is 37.6 Å². The summed E-state index contributed by atoms with van der Waals surface area (Å²) in [6, 6.07) is 2.06. The number of hydrogen-bond donors (Lipinski definition) is 1. The third kappa shape index (κ3) is 2.78. The molecule has 6 nitrogen and oxygen atoms in total. The molecule has 0 saturated carbocycles. The average Bonchev–Trinajstić information content (AvgIpc) is 3.02. The maximum atomic E-state index is 10.7. The van der Waals surface area contributed by atoms with Gasteiger partial charge < -0.3 is 15.2 Å². The van der Waals surface area contributed by atoms with Crippen molar-refractivity contribution in [3.63, 3.8) is 0 Å². The molecule has 1 amide bonds. The number of rotatable bonds is 5. The van der Waals surface area contributed by atoms with E-state index in [2.05, 4.69) is 21.0 Å². The second kappa shape index (κ2) is 5.80. The Bertz CT molecular complexity index is 586. The van der Waals surface area contributed by atoms with Crippen LogP contribution in [0.15, 0.2) is 16.0 Å². The number of aromatic nitrogens is 1. The fourth-order valence-electron chi connectivity index (χ4n) is 2.55. The first kappa shape index (κ1) is 13.4. The molecule has 1 fully saturated rings. The van der Waals surface area contributed by atoms with Crippen molar-refractivity contribution in [3.05, 3.63) is 11.4 Å². The number of amides is 1. The van der Waals surface area contributed by atoms with Gasteiger partial charge in [0.05, 0.1) is 5.39 Å². The highest BCUT2D eigenvalue weighted by atomic mass is 32.1. The van der Waals surface area contributed by atoms with E-state index in [0.29, 0.717) is 6.42 Å². The zero-order chi connectivity index (χ0) is 13.9. The molecule has 0 aliphatic carbocycles. The first-order chi connectivity index (χ1) is 9.74. The van der Waals surface area contributed by atoms with Crippen molar-refractivity contribution in [3.8, 4) is 0 Å². The molecule has 3 heterocycles. The molecule has 7 heteroatoms. The van der Waals surface area contributed by atoms with Gasteiger partial charge in [0.25, 0.3) is 0 Å². The van der Waals surface area contributed by atoms with E-state index in [4.69, 9.17) is 10.3 Å². The maximum absolute atomic E-state index is 10.7. The van der Waals surface area contributed by atoms with Crippen LogP contribution in [0, 0.1) is 0 Å². The van der Waals surface area contributed by atoms with Crippen LogP contribution in [0.25, 0.3) is 10.2 Å². The van der Waals surface area contributed by atoms with E-state index in [1.165, 1.54) is 0 Å². The van der Waals surface area contributed by atoms with E-state index in [1.807, 2.05) is 5.38 Å². The monoisotopic (exact) mass is 294 g/mol. The number of anilines is 1. The average molecular weight is 294 g/mol. The minimum atomic E-state index is -0.217. The molecule has 3 rings (SSSR count). The fourth-order valence-corrected chi connectivity index (χ4v) is 3.24. The number of nitrogens with two attached hydrogens (primary N) is 1. The van der Waals surface area contributed by atoms with E-state index in [-0.39, 0.29) is 5.91 Å². The van der Waals surface area contributed by atoms with Crippen LogP contribution >= 0.6 is 11.3 Å². The summed E-state index contributed by atoms with van der Waals surface area (Å²) in [6.07, 6.45) is 1.31. The van der Waals surface area contributed by atoms with Crippen LogP contribution in [-0.4, -0.2) is 48.7 Å². The number of carbonyl (C=O) groups is 1. The van der Waals surface area contributed by atoms with Crippen molar-refractivity contribution >= 4 is 33.3 Å². The van der Waals surface area contributed by atoms with Crippen molar-refractivity contribution in [1.82, 2.24) is 10.1 Å². The molecule has 2 aromatic heterocycles. The number of fused-ring (bicyclic) bond motifs is 1. The van der Waals surface area contributed by atoms with E-state index in [1.54, 1.807) is 11.3 Å². The Morgan fingerprint density at radius 1 is 1.40 bits per heavy atom. The van der Waals surface area contributed by atoms with Gasteiger partial charge in [-0.15, -0.1) is 11.3 Å². The number of hydrogen-bond acceptors (Lipinski definition) is 6. The Labute approximate surface area is 121 Å². The summed E-state index contributed by atoms with van der Waals surface area (Å²) in [4.78, 5) is 16.3. The summed E-state index contributed by atoms with van der Waals surface area (Å²) in [5.41, 5.74) is 5.15. The fraction of sp³-hybridized carbons (Fsp3) is 0.538. The second-order valence-corrected chi connectivity index (χ2v) is 5.92. The number of piperazine rings is 1. The Morgan fingerprint density at radius 2 is 2.20 bits per heavy atom. The second-order valence-electron chi connectivity index (χ2n) is 5.03. The van der Waals surface area contributed by atoms with Gasteiger partial charge in [0, 0.05) is 32.6 Å². The van der Waals surface area contributed by atoms with Gasteiger partial charge in [-0.1, -0.05) is 5.16 Å². The van der Waals surface area contributed by atoms with Gasteiger partial charge in [0.1, 0.15) is 0 Å². The van der Waals surface area contributed by atoms with Crippen molar-refractivity contribution < 1.29 is 9.32 Å². The summed E-state index contributed by atoms with van der Waals surface area (Å²) in [7, 11) is 0. The molecule has 0 unspecified atom stereocenters. The van der Waals surface area contributed by atoms with Crippen molar-refractivity contribution in [2.24, 2.45) is 5.73 Å². The highest BCUT2D eigenvalue weighted by Crippen LogP contribution is 2.30. The van der Waals surface area contributed by atoms with Crippen molar-refractivity contribution in [2.45, 2.75) is 12.8 Å². The SMILES string of the molecule is NC(=O)CCCN1CCN(c2onc3sccc23)CC1. The van der Waals surface area contributed by atoms with Crippen LogP contribution in [0.4, 0.5) is 5.88 Å². The van der Waals surface area contributed by atoms with Crippen LogP contribution in [0.1, 0.15) is 12.8 Å². The number of primary amides is 1. The molecule has 1 aliphatic heterocycles. The Morgan fingerprint density at radius 3 is 2.95 bits per heavy atom. The van der Waals surface area contributed by atoms with E-state index in [9.17, 15) is 4.79 Å². The van der Waals surface area contributed by atoms with Gasteiger partial charge in [0.15, 0.2) is 4.83 Å². The van der Waals surface area contributed by atoms with Crippen LogP contribution in [-0.2, 0) is 4.79 Å². The lowest BCUT2D eigenvalue weighted by molar-refractivity contribution is -0.118.